The van der Waals surface area contributed by atoms with E-state index < -0.39 is 5.82 Å². The number of amides is 1. The summed E-state index contributed by atoms with van der Waals surface area (Å²) in [7, 11) is 0. The molecule has 0 radical (unpaired) electrons. The maximum absolute atomic E-state index is 13.2. The van der Waals surface area contributed by atoms with Crippen molar-refractivity contribution in [2.75, 3.05) is 18.5 Å². The molecule has 124 valence electrons. The number of pyridine rings is 1. The second kappa shape index (κ2) is 7.28. The third-order valence-electron chi connectivity index (χ3n) is 3.13. The summed E-state index contributed by atoms with van der Waals surface area (Å²) in [6, 6.07) is 3.15. The van der Waals surface area contributed by atoms with Gasteiger partial charge in [0.25, 0.3) is 5.91 Å². The van der Waals surface area contributed by atoms with E-state index >= 15 is 0 Å². The Morgan fingerprint density at radius 3 is 3.00 bits per heavy atom. The van der Waals surface area contributed by atoms with Crippen molar-refractivity contribution in [2.24, 2.45) is 0 Å². The molecule has 9 heteroatoms. The summed E-state index contributed by atoms with van der Waals surface area (Å²) in [5.41, 5.74) is 1.52. The number of nitrogens with zero attached hydrogens (tertiary/aromatic N) is 3. The SMILES string of the molecule is O=C(NCCO)c1nc(NCc2cncc(F)c2)nc2ccsc12. The number of fused-ring (bicyclic) bond motifs is 1. The van der Waals surface area contributed by atoms with Crippen molar-refractivity contribution in [3.8, 4) is 0 Å². The molecular formula is C15H14FN5O2S. The number of aliphatic hydroxyl groups excluding tert-OH is 1. The Hall–Kier alpha value is -2.65. The second-order valence-electron chi connectivity index (χ2n) is 4.88. The van der Waals surface area contributed by atoms with Gasteiger partial charge in [-0.05, 0) is 23.1 Å². The second-order valence-corrected chi connectivity index (χ2v) is 5.79. The van der Waals surface area contributed by atoms with Gasteiger partial charge < -0.3 is 15.7 Å². The molecule has 0 aliphatic carbocycles. The Kier molecular flexibility index (Phi) is 4.92. The van der Waals surface area contributed by atoms with Crippen LogP contribution in [-0.2, 0) is 6.54 Å². The highest BCUT2D eigenvalue weighted by Crippen LogP contribution is 2.23. The molecule has 24 heavy (non-hydrogen) atoms. The lowest BCUT2D eigenvalue weighted by atomic mass is 10.3. The van der Waals surface area contributed by atoms with Crippen LogP contribution in [0.2, 0.25) is 0 Å². The normalized spacial score (nSPS) is 10.8. The molecule has 0 bridgehead atoms. The summed E-state index contributed by atoms with van der Waals surface area (Å²) >= 11 is 1.37. The molecule has 0 spiro atoms. The lowest BCUT2D eigenvalue weighted by molar-refractivity contribution is 0.0942. The topological polar surface area (TPSA) is 100 Å². The summed E-state index contributed by atoms with van der Waals surface area (Å²) in [5, 5.41) is 16.2. The summed E-state index contributed by atoms with van der Waals surface area (Å²) < 4.78 is 13.8. The van der Waals surface area contributed by atoms with Crippen LogP contribution in [-0.4, -0.2) is 39.1 Å². The van der Waals surface area contributed by atoms with E-state index in [2.05, 4.69) is 25.6 Å². The molecule has 3 aromatic rings. The van der Waals surface area contributed by atoms with Gasteiger partial charge in [0.05, 0.1) is 23.0 Å². The van der Waals surface area contributed by atoms with E-state index in [1.165, 1.54) is 23.6 Å². The molecule has 3 rings (SSSR count). The first-order valence-electron chi connectivity index (χ1n) is 7.15. The van der Waals surface area contributed by atoms with E-state index in [9.17, 15) is 9.18 Å². The molecule has 0 saturated heterocycles. The number of aliphatic hydroxyl groups is 1. The summed E-state index contributed by atoms with van der Waals surface area (Å²) in [6.45, 7) is 0.271. The number of hydrogen-bond donors (Lipinski definition) is 3. The molecule has 7 nitrogen and oxygen atoms in total. The lowest BCUT2D eigenvalue weighted by Gasteiger charge is -2.08. The molecule has 3 heterocycles. The third-order valence-corrected chi connectivity index (χ3v) is 4.04. The Balaban J connectivity index is 1.84. The van der Waals surface area contributed by atoms with Crippen molar-refractivity contribution in [1.29, 1.82) is 0 Å². The minimum absolute atomic E-state index is 0.146. The van der Waals surface area contributed by atoms with Crippen LogP contribution >= 0.6 is 11.3 Å². The highest BCUT2D eigenvalue weighted by Gasteiger charge is 2.15. The summed E-state index contributed by atoms with van der Waals surface area (Å²) in [4.78, 5) is 24.6. The van der Waals surface area contributed by atoms with E-state index in [1.54, 1.807) is 6.07 Å². The molecular weight excluding hydrogens is 333 g/mol. The first kappa shape index (κ1) is 16.2. The smallest absolute Gasteiger partial charge is 0.271 e. The average Bonchev–Trinajstić information content (AvgIpc) is 3.05. The van der Waals surface area contributed by atoms with Gasteiger partial charge in [-0.25, -0.2) is 14.4 Å². The molecule has 0 aliphatic heterocycles. The Morgan fingerprint density at radius 1 is 1.33 bits per heavy atom. The number of hydrogen-bond acceptors (Lipinski definition) is 7. The average molecular weight is 347 g/mol. The minimum Gasteiger partial charge on any atom is -0.395 e. The van der Waals surface area contributed by atoms with Crippen LogP contribution in [0.1, 0.15) is 16.1 Å². The van der Waals surface area contributed by atoms with Crippen LogP contribution in [0.5, 0.6) is 0 Å². The maximum atomic E-state index is 13.2. The maximum Gasteiger partial charge on any atom is 0.271 e. The first-order valence-corrected chi connectivity index (χ1v) is 8.03. The van der Waals surface area contributed by atoms with Crippen LogP contribution in [0, 0.1) is 5.82 Å². The van der Waals surface area contributed by atoms with Crippen molar-refractivity contribution in [3.63, 3.8) is 0 Å². The van der Waals surface area contributed by atoms with Crippen molar-refractivity contribution < 1.29 is 14.3 Å². The number of carbonyl (C=O) groups excluding carboxylic acids is 1. The van der Waals surface area contributed by atoms with Gasteiger partial charge in [-0.15, -0.1) is 11.3 Å². The van der Waals surface area contributed by atoms with Gasteiger partial charge in [0.15, 0.2) is 5.69 Å². The Bertz CT molecular complexity index is 870. The van der Waals surface area contributed by atoms with Gasteiger partial charge in [0.1, 0.15) is 5.82 Å². The quantitative estimate of drug-likeness (QED) is 0.626. The van der Waals surface area contributed by atoms with Crippen molar-refractivity contribution in [3.05, 3.63) is 47.0 Å². The van der Waals surface area contributed by atoms with Crippen LogP contribution in [0.3, 0.4) is 0 Å². The zero-order valence-electron chi connectivity index (χ0n) is 12.5. The minimum atomic E-state index is -0.424. The first-order chi connectivity index (χ1) is 11.7. The third kappa shape index (κ3) is 3.63. The van der Waals surface area contributed by atoms with E-state index in [0.717, 1.165) is 6.20 Å². The molecule has 0 fully saturated rings. The molecule has 0 saturated carbocycles. The van der Waals surface area contributed by atoms with Crippen molar-refractivity contribution in [1.82, 2.24) is 20.3 Å². The zero-order valence-corrected chi connectivity index (χ0v) is 13.3. The highest BCUT2D eigenvalue weighted by atomic mass is 32.1. The van der Waals surface area contributed by atoms with Crippen molar-refractivity contribution in [2.45, 2.75) is 6.54 Å². The number of aromatic nitrogens is 3. The monoisotopic (exact) mass is 347 g/mol. The predicted molar refractivity (Wildman–Crippen MR) is 88.4 cm³/mol. The van der Waals surface area contributed by atoms with Gasteiger partial charge in [0, 0.05) is 19.3 Å². The van der Waals surface area contributed by atoms with Gasteiger partial charge in [0.2, 0.25) is 5.95 Å². The largest absolute Gasteiger partial charge is 0.395 e. The summed E-state index contributed by atoms with van der Waals surface area (Å²) in [6.07, 6.45) is 2.66. The van der Waals surface area contributed by atoms with Gasteiger partial charge in [-0.2, -0.15) is 0 Å². The predicted octanol–water partition coefficient (Wildman–Crippen LogP) is 1.56. The number of thiophene rings is 1. The molecule has 0 unspecified atom stereocenters. The van der Waals surface area contributed by atoms with E-state index in [1.807, 2.05) is 5.38 Å². The van der Waals surface area contributed by atoms with E-state index in [4.69, 9.17) is 5.11 Å². The van der Waals surface area contributed by atoms with E-state index in [-0.39, 0.29) is 37.2 Å². The number of rotatable bonds is 6. The van der Waals surface area contributed by atoms with Crippen LogP contribution in [0.25, 0.3) is 10.2 Å². The van der Waals surface area contributed by atoms with E-state index in [0.29, 0.717) is 15.8 Å². The molecule has 0 atom stereocenters. The van der Waals surface area contributed by atoms with Crippen LogP contribution in [0.4, 0.5) is 10.3 Å². The zero-order chi connectivity index (χ0) is 16.9. The fourth-order valence-corrected chi connectivity index (χ4v) is 2.90. The standard InChI is InChI=1S/C15H14FN5O2S/c16-10-5-9(6-17-8-10)7-19-15-20-11-1-4-24-13(11)12(21-15)14(23)18-2-3-22/h1,4-6,8,22H,2-3,7H2,(H,18,23)(H,19,20,21). The molecule has 0 aliphatic rings. The van der Waals surface area contributed by atoms with Gasteiger partial charge in [-0.3, -0.25) is 9.78 Å². The molecule has 1 amide bonds. The Labute approximate surface area is 140 Å². The fourth-order valence-electron chi connectivity index (χ4n) is 2.08. The Morgan fingerprint density at radius 2 is 2.21 bits per heavy atom. The number of carbonyl (C=O) groups is 1. The van der Waals surface area contributed by atoms with Crippen LogP contribution < -0.4 is 10.6 Å². The summed E-state index contributed by atoms with van der Waals surface area (Å²) in [5.74, 6) is -0.541. The number of halogens is 1. The number of nitrogens with one attached hydrogen (secondary N) is 2. The number of anilines is 1. The highest BCUT2D eigenvalue weighted by molar-refractivity contribution is 7.17. The lowest BCUT2D eigenvalue weighted by Crippen LogP contribution is -2.27. The molecule has 3 N–H and O–H groups in total. The van der Waals surface area contributed by atoms with Gasteiger partial charge in [-0.1, -0.05) is 0 Å². The fraction of sp³-hybridized carbons (Fsp3) is 0.200. The van der Waals surface area contributed by atoms with Gasteiger partial charge >= 0.3 is 0 Å². The van der Waals surface area contributed by atoms with Crippen molar-refractivity contribution >= 4 is 33.4 Å². The molecule has 0 aromatic carbocycles. The molecule has 3 aromatic heterocycles. The van der Waals surface area contributed by atoms with Crippen LogP contribution in [0.15, 0.2) is 29.9 Å².